The van der Waals surface area contributed by atoms with Crippen molar-refractivity contribution in [2.75, 3.05) is 70.9 Å². The number of ether oxygens (including phenoxy) is 5. The first-order valence-corrected chi connectivity index (χ1v) is 16.7. The van der Waals surface area contributed by atoms with Gasteiger partial charge in [-0.15, -0.1) is 0 Å². The second-order valence-electron chi connectivity index (χ2n) is 11.9. The number of halogens is 2. The van der Waals surface area contributed by atoms with Gasteiger partial charge in [-0.2, -0.15) is 0 Å². The third-order valence-corrected chi connectivity index (χ3v) is 9.38. The SMILES string of the molecule is CCOCCOCCOCCOC(=O)N1CCC2(CC1)c1ccncc1N(Cc1nc3ccc(Cl)cc3n1CCCCF)C1OC12. The Bertz CT molecular complexity index is 1470. The molecule has 2 unspecified atom stereocenters. The molecule has 250 valence electrons. The smallest absolute Gasteiger partial charge is 0.409 e. The predicted octanol–water partition coefficient (Wildman–Crippen LogP) is 5.12. The number of hydrogen-bond acceptors (Lipinski definition) is 9. The lowest BCUT2D eigenvalue weighted by Gasteiger charge is -2.45. The molecule has 2 fully saturated rings. The van der Waals surface area contributed by atoms with Gasteiger partial charge in [0.2, 0.25) is 0 Å². The number of hydrogen-bond donors (Lipinski definition) is 0. The van der Waals surface area contributed by atoms with Gasteiger partial charge < -0.3 is 38.1 Å². The zero-order valence-corrected chi connectivity index (χ0v) is 27.1. The largest absolute Gasteiger partial charge is 0.447 e. The fourth-order valence-corrected chi connectivity index (χ4v) is 6.95. The molecule has 1 spiro atoms. The molecular weight excluding hydrogens is 617 g/mol. The third kappa shape index (κ3) is 7.11. The number of aromatic nitrogens is 3. The summed E-state index contributed by atoms with van der Waals surface area (Å²) >= 11 is 6.34. The monoisotopic (exact) mass is 659 g/mol. The van der Waals surface area contributed by atoms with Gasteiger partial charge >= 0.3 is 6.09 Å². The lowest BCUT2D eigenvalue weighted by molar-refractivity contribution is 0.00314. The summed E-state index contributed by atoms with van der Waals surface area (Å²) in [6.07, 6.45) is 6.05. The number of imidazole rings is 1. The van der Waals surface area contributed by atoms with E-state index in [0.29, 0.717) is 83.7 Å². The molecule has 2 saturated heterocycles. The van der Waals surface area contributed by atoms with Crippen LogP contribution in [-0.2, 0) is 42.2 Å². The summed E-state index contributed by atoms with van der Waals surface area (Å²) in [5.74, 6) is 0.881. The molecule has 0 bridgehead atoms. The van der Waals surface area contributed by atoms with Crippen LogP contribution in [0.1, 0.15) is 44.0 Å². The van der Waals surface area contributed by atoms with E-state index in [1.807, 2.05) is 37.5 Å². The van der Waals surface area contributed by atoms with Crippen LogP contribution in [0.5, 0.6) is 0 Å². The van der Waals surface area contributed by atoms with Crippen LogP contribution < -0.4 is 4.90 Å². The number of amides is 1. The number of anilines is 1. The average molecular weight is 660 g/mol. The predicted molar refractivity (Wildman–Crippen MR) is 171 cm³/mol. The highest BCUT2D eigenvalue weighted by Crippen LogP contribution is 2.56. The molecule has 1 aromatic carbocycles. The molecule has 0 saturated carbocycles. The van der Waals surface area contributed by atoms with Crippen LogP contribution in [-0.4, -0.2) is 104 Å². The summed E-state index contributed by atoms with van der Waals surface area (Å²) in [6.45, 7) is 7.16. The van der Waals surface area contributed by atoms with Gasteiger partial charge in [-0.05, 0) is 62.4 Å². The van der Waals surface area contributed by atoms with Crippen LogP contribution in [0.4, 0.5) is 14.9 Å². The summed E-state index contributed by atoms with van der Waals surface area (Å²) in [5, 5.41) is 0.643. The van der Waals surface area contributed by atoms with Crippen LogP contribution in [0.25, 0.3) is 11.0 Å². The highest BCUT2D eigenvalue weighted by molar-refractivity contribution is 6.31. The Morgan fingerprint density at radius 1 is 1.07 bits per heavy atom. The highest BCUT2D eigenvalue weighted by atomic mass is 35.5. The average Bonchev–Trinajstić information content (AvgIpc) is 3.82. The van der Waals surface area contributed by atoms with E-state index in [9.17, 15) is 9.18 Å². The van der Waals surface area contributed by atoms with E-state index in [1.54, 1.807) is 4.90 Å². The van der Waals surface area contributed by atoms with Crippen molar-refractivity contribution in [1.29, 1.82) is 0 Å². The number of carbonyl (C=O) groups excluding carboxylic acids is 1. The number of epoxide rings is 1. The molecule has 13 heteroatoms. The number of likely N-dealkylation sites (tertiary alicyclic amines) is 1. The fraction of sp³-hybridized carbons (Fsp3) is 0.606. The van der Waals surface area contributed by atoms with Crippen molar-refractivity contribution in [1.82, 2.24) is 19.4 Å². The Labute approximate surface area is 273 Å². The van der Waals surface area contributed by atoms with Crippen LogP contribution in [0.3, 0.4) is 0 Å². The Morgan fingerprint density at radius 2 is 1.83 bits per heavy atom. The molecule has 0 radical (unpaired) electrons. The number of piperidine rings is 1. The molecule has 2 atom stereocenters. The molecule has 2 aromatic heterocycles. The van der Waals surface area contributed by atoms with Crippen molar-refractivity contribution >= 4 is 34.4 Å². The summed E-state index contributed by atoms with van der Waals surface area (Å²) in [6, 6.07) is 7.79. The Kier molecular flexibility index (Phi) is 10.9. The number of pyridine rings is 1. The number of aryl methyl sites for hydroxylation is 1. The molecule has 3 aromatic rings. The number of benzene rings is 1. The minimum Gasteiger partial charge on any atom is -0.447 e. The number of alkyl halides is 1. The number of nitrogens with zero attached hydrogens (tertiary/aromatic N) is 5. The van der Waals surface area contributed by atoms with Gasteiger partial charge in [0.1, 0.15) is 18.5 Å². The third-order valence-electron chi connectivity index (χ3n) is 9.15. The van der Waals surface area contributed by atoms with Crippen molar-refractivity contribution in [3.63, 3.8) is 0 Å². The Hall–Kier alpha value is -3.03. The fourth-order valence-electron chi connectivity index (χ4n) is 6.78. The Balaban J connectivity index is 1.07. The molecule has 3 aliphatic rings. The first-order valence-electron chi connectivity index (χ1n) is 16.3. The van der Waals surface area contributed by atoms with Gasteiger partial charge in [0.25, 0.3) is 0 Å². The number of fused-ring (bicyclic) bond motifs is 5. The van der Waals surface area contributed by atoms with E-state index < -0.39 is 0 Å². The number of unbranched alkanes of at least 4 members (excludes halogenated alkanes) is 1. The Morgan fingerprint density at radius 3 is 2.59 bits per heavy atom. The van der Waals surface area contributed by atoms with E-state index in [4.69, 9.17) is 40.3 Å². The highest BCUT2D eigenvalue weighted by Gasteiger charge is 2.63. The van der Waals surface area contributed by atoms with Crippen LogP contribution in [0.15, 0.2) is 36.7 Å². The maximum Gasteiger partial charge on any atom is 0.409 e. The summed E-state index contributed by atoms with van der Waals surface area (Å²) in [4.78, 5) is 26.3. The molecule has 3 aliphatic heterocycles. The summed E-state index contributed by atoms with van der Waals surface area (Å²) in [7, 11) is 0. The van der Waals surface area contributed by atoms with E-state index in [-0.39, 0.29) is 37.1 Å². The van der Waals surface area contributed by atoms with E-state index >= 15 is 0 Å². The normalized spacial score (nSPS) is 19.8. The van der Waals surface area contributed by atoms with Crippen LogP contribution in [0.2, 0.25) is 5.02 Å². The lowest BCUT2D eigenvalue weighted by Crippen LogP contribution is -2.52. The molecule has 0 N–H and O–H groups in total. The number of carbonyl (C=O) groups is 1. The second kappa shape index (κ2) is 15.2. The second-order valence-corrected chi connectivity index (χ2v) is 12.3. The minimum absolute atomic E-state index is 0.00327. The van der Waals surface area contributed by atoms with Crippen molar-refractivity contribution in [3.8, 4) is 0 Å². The quantitative estimate of drug-likeness (QED) is 0.153. The summed E-state index contributed by atoms with van der Waals surface area (Å²) in [5.41, 5.74) is 3.81. The maximum absolute atomic E-state index is 13.0. The van der Waals surface area contributed by atoms with Gasteiger partial charge in [-0.3, -0.25) is 9.37 Å². The van der Waals surface area contributed by atoms with Gasteiger partial charge in [-0.1, -0.05) is 11.6 Å². The van der Waals surface area contributed by atoms with Crippen LogP contribution >= 0.6 is 11.6 Å². The first-order chi connectivity index (χ1) is 22.6. The molecule has 0 aliphatic carbocycles. The van der Waals surface area contributed by atoms with Crippen molar-refractivity contribution in [2.45, 2.75) is 63.4 Å². The lowest BCUT2D eigenvalue weighted by atomic mass is 9.68. The zero-order valence-electron chi connectivity index (χ0n) is 26.4. The van der Waals surface area contributed by atoms with Gasteiger partial charge in [0.15, 0.2) is 6.23 Å². The molecule has 11 nitrogen and oxygen atoms in total. The minimum atomic E-state index is -0.344. The van der Waals surface area contributed by atoms with Crippen molar-refractivity contribution in [3.05, 3.63) is 53.1 Å². The topological polar surface area (TPSA) is 104 Å². The van der Waals surface area contributed by atoms with Crippen LogP contribution in [0, 0.1) is 0 Å². The maximum atomic E-state index is 13.0. The molecule has 46 heavy (non-hydrogen) atoms. The first kappa shape index (κ1) is 32.9. The van der Waals surface area contributed by atoms with Crippen molar-refractivity contribution in [2.24, 2.45) is 0 Å². The van der Waals surface area contributed by atoms with E-state index in [2.05, 4.69) is 20.5 Å². The zero-order chi connectivity index (χ0) is 31.9. The molecule has 6 rings (SSSR count). The molecular formula is C33H43ClFN5O6. The van der Waals surface area contributed by atoms with Crippen molar-refractivity contribution < 1.29 is 32.9 Å². The molecule has 5 heterocycles. The summed E-state index contributed by atoms with van der Waals surface area (Å²) < 4.78 is 43.2. The van der Waals surface area contributed by atoms with Gasteiger partial charge in [-0.25, -0.2) is 9.78 Å². The molecule has 1 amide bonds. The van der Waals surface area contributed by atoms with Gasteiger partial charge in [0, 0.05) is 42.9 Å². The van der Waals surface area contributed by atoms with E-state index in [0.717, 1.165) is 35.4 Å². The standard InChI is InChI=1S/C33H43ClFN5O6/c1-2-42-15-16-43-17-18-44-19-20-45-32(41)38-13-8-33(9-14-38)25-7-11-36-22-28(25)40(31-30(33)46-31)23-29-37-26-6-5-24(34)21-27(26)39(29)12-4-3-10-35/h5-7,11,21-22,30-31H,2-4,8-10,12-20,23H2,1H3. The number of rotatable bonds is 16. The van der Waals surface area contributed by atoms with E-state index in [1.165, 1.54) is 5.56 Å². The van der Waals surface area contributed by atoms with Gasteiger partial charge in [0.05, 0.1) is 69.2 Å².